The van der Waals surface area contributed by atoms with Crippen LogP contribution in [0.4, 0.5) is 5.82 Å². The zero-order valence-electron chi connectivity index (χ0n) is 17.8. The molecule has 1 aliphatic carbocycles. The number of nitrogens with one attached hydrogen (secondary N) is 2. The predicted octanol–water partition coefficient (Wildman–Crippen LogP) is 2.86. The molecule has 28 heavy (non-hydrogen) atoms. The summed E-state index contributed by atoms with van der Waals surface area (Å²) in [6.45, 7) is 8.97. The molecule has 0 bridgehead atoms. The Morgan fingerprint density at radius 1 is 1.14 bits per heavy atom. The summed E-state index contributed by atoms with van der Waals surface area (Å²) in [5, 5.41) is 6.84. The lowest BCUT2D eigenvalue weighted by atomic mass is 10.0. The number of hydrogen-bond donors (Lipinski definition) is 2. The third-order valence-corrected chi connectivity index (χ3v) is 5.96. The first-order valence-electron chi connectivity index (χ1n) is 11.1. The number of anilines is 1. The third kappa shape index (κ3) is 6.66. The van der Waals surface area contributed by atoms with E-state index in [2.05, 4.69) is 51.5 Å². The minimum Gasteiger partial charge on any atom is -0.357 e. The molecule has 3 rings (SSSR count). The van der Waals surface area contributed by atoms with Crippen LogP contribution >= 0.6 is 0 Å². The quantitative estimate of drug-likeness (QED) is 0.409. The monoisotopic (exact) mass is 386 g/mol. The second kappa shape index (κ2) is 11.2. The topological polar surface area (TPSA) is 55.8 Å². The number of piperazine rings is 1. The zero-order chi connectivity index (χ0) is 19.6. The summed E-state index contributed by atoms with van der Waals surface area (Å²) in [5.74, 6) is 2.96. The van der Waals surface area contributed by atoms with Gasteiger partial charge in [0.2, 0.25) is 0 Å². The Balaban J connectivity index is 1.43. The largest absolute Gasteiger partial charge is 0.357 e. The highest BCUT2D eigenvalue weighted by atomic mass is 15.3. The van der Waals surface area contributed by atoms with Crippen LogP contribution in [-0.4, -0.2) is 62.2 Å². The summed E-state index contributed by atoms with van der Waals surface area (Å²) in [6.07, 6.45) is 10.3. The fourth-order valence-corrected chi connectivity index (χ4v) is 4.14. The van der Waals surface area contributed by atoms with Gasteiger partial charge in [-0.1, -0.05) is 31.7 Å². The Morgan fingerprint density at radius 3 is 2.61 bits per heavy atom. The molecule has 1 aliphatic heterocycles. The van der Waals surface area contributed by atoms with Gasteiger partial charge in [0.05, 0.1) is 6.54 Å². The van der Waals surface area contributed by atoms with Crippen molar-refractivity contribution in [3.8, 4) is 0 Å². The molecule has 2 fully saturated rings. The lowest BCUT2D eigenvalue weighted by Gasteiger charge is -2.33. The number of aromatic nitrogens is 1. The van der Waals surface area contributed by atoms with Crippen LogP contribution in [0.1, 0.15) is 51.0 Å². The molecule has 1 aromatic heterocycles. The van der Waals surface area contributed by atoms with Crippen LogP contribution in [0.2, 0.25) is 0 Å². The van der Waals surface area contributed by atoms with Gasteiger partial charge in [0.1, 0.15) is 5.82 Å². The van der Waals surface area contributed by atoms with Crippen LogP contribution in [-0.2, 0) is 6.54 Å². The van der Waals surface area contributed by atoms with Gasteiger partial charge in [-0.25, -0.2) is 9.98 Å². The van der Waals surface area contributed by atoms with Gasteiger partial charge in [0.15, 0.2) is 5.96 Å². The van der Waals surface area contributed by atoms with E-state index in [-0.39, 0.29) is 0 Å². The fraction of sp³-hybridized carbons (Fsp3) is 0.727. The summed E-state index contributed by atoms with van der Waals surface area (Å²) < 4.78 is 0. The molecule has 2 aliphatic rings. The van der Waals surface area contributed by atoms with Gasteiger partial charge in [-0.3, -0.25) is 0 Å². The number of hydrogen-bond acceptors (Lipinski definition) is 4. The van der Waals surface area contributed by atoms with Gasteiger partial charge < -0.3 is 20.4 Å². The molecule has 0 aromatic carbocycles. The molecule has 1 saturated carbocycles. The first-order valence-corrected chi connectivity index (χ1v) is 11.1. The second-order valence-corrected chi connectivity index (χ2v) is 8.23. The maximum absolute atomic E-state index is 4.74. The Morgan fingerprint density at radius 2 is 1.93 bits per heavy atom. The highest BCUT2D eigenvalue weighted by molar-refractivity contribution is 5.79. The van der Waals surface area contributed by atoms with E-state index in [0.717, 1.165) is 62.5 Å². The summed E-state index contributed by atoms with van der Waals surface area (Å²) in [6, 6.07) is 4.30. The SMILES string of the molecule is CCNC(=NCc1ccc(N2CCN(C)CC2)nc1)NCCCC1CCCC1. The molecule has 1 aromatic rings. The number of pyridine rings is 1. The van der Waals surface area contributed by atoms with Crippen molar-refractivity contribution in [3.63, 3.8) is 0 Å². The van der Waals surface area contributed by atoms with Gasteiger partial charge >= 0.3 is 0 Å². The minimum absolute atomic E-state index is 0.661. The summed E-state index contributed by atoms with van der Waals surface area (Å²) >= 11 is 0. The van der Waals surface area contributed by atoms with Crippen LogP contribution in [0.5, 0.6) is 0 Å². The van der Waals surface area contributed by atoms with E-state index in [9.17, 15) is 0 Å². The van der Waals surface area contributed by atoms with Gasteiger partial charge in [0.25, 0.3) is 0 Å². The van der Waals surface area contributed by atoms with Crippen LogP contribution in [0.3, 0.4) is 0 Å². The van der Waals surface area contributed by atoms with Crippen molar-refractivity contribution in [2.24, 2.45) is 10.9 Å². The molecule has 6 nitrogen and oxygen atoms in total. The molecule has 156 valence electrons. The molecular formula is C22H38N6. The normalized spacial score (nSPS) is 19.2. The maximum atomic E-state index is 4.74. The number of likely N-dealkylation sites (N-methyl/N-ethyl adjacent to an activating group) is 1. The highest BCUT2D eigenvalue weighted by Crippen LogP contribution is 2.28. The van der Waals surface area contributed by atoms with Gasteiger partial charge in [-0.15, -0.1) is 0 Å². The third-order valence-electron chi connectivity index (χ3n) is 5.96. The fourth-order valence-electron chi connectivity index (χ4n) is 4.14. The first-order chi connectivity index (χ1) is 13.7. The Hall–Kier alpha value is -1.82. The zero-order valence-corrected chi connectivity index (χ0v) is 17.8. The molecule has 0 spiro atoms. The predicted molar refractivity (Wildman–Crippen MR) is 118 cm³/mol. The summed E-state index contributed by atoms with van der Waals surface area (Å²) in [5.41, 5.74) is 1.15. The van der Waals surface area contributed by atoms with Crippen LogP contribution in [0.15, 0.2) is 23.3 Å². The standard InChI is InChI=1S/C22H38N6/c1-3-23-22(24-12-6-9-19-7-4-5-8-19)26-18-20-10-11-21(25-17-20)28-15-13-27(2)14-16-28/h10-11,17,19H,3-9,12-16,18H2,1-2H3,(H2,23,24,26). The lowest BCUT2D eigenvalue weighted by Crippen LogP contribution is -2.44. The molecule has 2 N–H and O–H groups in total. The Labute approximate surface area is 170 Å². The molecule has 6 heteroatoms. The van der Waals surface area contributed by atoms with Gasteiger partial charge in [0, 0.05) is 45.5 Å². The van der Waals surface area contributed by atoms with Crippen LogP contribution in [0, 0.1) is 5.92 Å². The number of guanidine groups is 1. The highest BCUT2D eigenvalue weighted by Gasteiger charge is 2.15. The van der Waals surface area contributed by atoms with Crippen LogP contribution in [0.25, 0.3) is 0 Å². The lowest BCUT2D eigenvalue weighted by molar-refractivity contribution is 0.312. The van der Waals surface area contributed by atoms with E-state index in [1.807, 2.05) is 6.20 Å². The van der Waals surface area contributed by atoms with E-state index in [1.54, 1.807) is 0 Å². The average molecular weight is 387 g/mol. The van der Waals surface area contributed by atoms with E-state index in [1.165, 1.54) is 38.5 Å². The first kappa shape index (κ1) is 20.9. The molecular weight excluding hydrogens is 348 g/mol. The molecule has 0 amide bonds. The number of rotatable bonds is 8. The molecule has 2 heterocycles. The van der Waals surface area contributed by atoms with Crippen molar-refractivity contribution < 1.29 is 0 Å². The van der Waals surface area contributed by atoms with E-state index < -0.39 is 0 Å². The van der Waals surface area contributed by atoms with Crippen molar-refractivity contribution >= 4 is 11.8 Å². The van der Waals surface area contributed by atoms with Crippen molar-refractivity contribution in [2.45, 2.75) is 52.0 Å². The van der Waals surface area contributed by atoms with Crippen molar-refractivity contribution in [3.05, 3.63) is 23.9 Å². The summed E-state index contributed by atoms with van der Waals surface area (Å²) in [7, 11) is 2.18. The van der Waals surface area contributed by atoms with Gasteiger partial charge in [-0.05, 0) is 44.4 Å². The van der Waals surface area contributed by atoms with Gasteiger partial charge in [-0.2, -0.15) is 0 Å². The number of nitrogens with zero attached hydrogens (tertiary/aromatic N) is 4. The van der Waals surface area contributed by atoms with Crippen molar-refractivity contribution in [1.82, 2.24) is 20.5 Å². The minimum atomic E-state index is 0.661. The van der Waals surface area contributed by atoms with Crippen molar-refractivity contribution in [1.29, 1.82) is 0 Å². The molecule has 0 radical (unpaired) electrons. The molecule has 1 saturated heterocycles. The van der Waals surface area contributed by atoms with E-state index >= 15 is 0 Å². The number of aliphatic imine (C=N–C) groups is 1. The van der Waals surface area contributed by atoms with E-state index in [0.29, 0.717) is 6.54 Å². The molecule has 0 atom stereocenters. The van der Waals surface area contributed by atoms with Crippen molar-refractivity contribution in [2.75, 3.05) is 51.2 Å². The average Bonchev–Trinajstić information content (AvgIpc) is 3.24. The van der Waals surface area contributed by atoms with E-state index in [4.69, 9.17) is 4.99 Å². The molecule has 0 unspecified atom stereocenters. The second-order valence-electron chi connectivity index (χ2n) is 8.23. The smallest absolute Gasteiger partial charge is 0.191 e. The van der Waals surface area contributed by atoms with Crippen LogP contribution < -0.4 is 15.5 Å². The summed E-state index contributed by atoms with van der Waals surface area (Å²) in [4.78, 5) is 14.1. The Kier molecular flexibility index (Phi) is 8.40. The maximum Gasteiger partial charge on any atom is 0.191 e. The Bertz CT molecular complexity index is 586.